The maximum Gasteiger partial charge on any atom is 0.573 e. The van der Waals surface area contributed by atoms with Crippen LogP contribution in [0, 0.1) is 12.8 Å². The number of aryl methyl sites for hydroxylation is 1. The number of halogens is 3. The number of ether oxygens (including phenoxy) is 1. The molecule has 1 aliphatic carbocycles. The minimum Gasteiger partial charge on any atom is -0.406 e. The number of carbonyl (C=O) groups excluding carboxylic acids is 1. The molecule has 1 aliphatic heterocycles. The average molecular weight is 565 g/mol. The molecule has 0 radical (unpaired) electrons. The van der Waals surface area contributed by atoms with Gasteiger partial charge in [0.2, 0.25) is 11.8 Å². The first kappa shape index (κ1) is 26.9. The molecule has 3 heterocycles. The van der Waals surface area contributed by atoms with Crippen molar-refractivity contribution in [2.45, 2.75) is 51.7 Å². The maximum absolute atomic E-state index is 13.0. The van der Waals surface area contributed by atoms with Gasteiger partial charge in [-0.05, 0) is 65.8 Å². The molecular weight excluding hydrogens is 537 g/mol. The summed E-state index contributed by atoms with van der Waals surface area (Å²) in [5.74, 6) is 0.407. The molecular formula is C29H27F3N6O3. The van der Waals surface area contributed by atoms with Crippen LogP contribution < -0.4 is 10.1 Å². The van der Waals surface area contributed by atoms with Crippen LogP contribution in [0.3, 0.4) is 0 Å². The van der Waals surface area contributed by atoms with Crippen molar-refractivity contribution in [2.75, 3.05) is 6.54 Å². The van der Waals surface area contributed by atoms with Crippen molar-refractivity contribution in [1.29, 1.82) is 0 Å². The number of fused-ring (bicyclic) bond motifs is 1. The molecule has 0 unspecified atom stereocenters. The van der Waals surface area contributed by atoms with E-state index in [9.17, 15) is 18.0 Å². The molecule has 2 aliphatic rings. The summed E-state index contributed by atoms with van der Waals surface area (Å²) in [6.07, 6.45) is -0.208. The fourth-order valence-corrected chi connectivity index (χ4v) is 5.40. The molecule has 2 aromatic heterocycles. The molecule has 1 N–H and O–H groups in total. The van der Waals surface area contributed by atoms with E-state index in [0.29, 0.717) is 49.8 Å². The van der Waals surface area contributed by atoms with Crippen molar-refractivity contribution in [3.8, 4) is 16.9 Å². The van der Waals surface area contributed by atoms with Crippen LogP contribution in [0.4, 0.5) is 13.2 Å². The lowest BCUT2D eigenvalue weighted by atomic mass is 9.87. The van der Waals surface area contributed by atoms with Crippen LogP contribution in [0.25, 0.3) is 11.1 Å². The monoisotopic (exact) mass is 564 g/mol. The first-order valence-electron chi connectivity index (χ1n) is 13.3. The van der Waals surface area contributed by atoms with Gasteiger partial charge in [0.1, 0.15) is 12.1 Å². The highest BCUT2D eigenvalue weighted by Gasteiger charge is 2.47. The Balaban J connectivity index is 1.25. The topological polar surface area (TPSA) is 106 Å². The minimum absolute atomic E-state index is 0.0676. The number of hydrogen-bond donors (Lipinski definition) is 1. The van der Waals surface area contributed by atoms with Crippen molar-refractivity contribution in [1.82, 2.24) is 30.3 Å². The third-order valence-electron chi connectivity index (χ3n) is 7.44. The summed E-state index contributed by atoms with van der Waals surface area (Å²) in [5, 5.41) is 6.88. The third-order valence-corrected chi connectivity index (χ3v) is 7.44. The van der Waals surface area contributed by atoms with Gasteiger partial charge in [0.05, 0.1) is 17.5 Å². The molecule has 1 saturated carbocycles. The van der Waals surface area contributed by atoms with Crippen molar-refractivity contribution < 1.29 is 27.2 Å². The van der Waals surface area contributed by atoms with Crippen molar-refractivity contribution >= 4 is 5.91 Å². The smallest absolute Gasteiger partial charge is 0.406 e. The van der Waals surface area contributed by atoms with E-state index in [4.69, 9.17) is 4.52 Å². The molecule has 0 spiro atoms. The minimum atomic E-state index is -4.77. The van der Waals surface area contributed by atoms with Gasteiger partial charge in [-0.3, -0.25) is 9.69 Å². The predicted molar refractivity (Wildman–Crippen MR) is 140 cm³/mol. The summed E-state index contributed by atoms with van der Waals surface area (Å²) in [6.45, 7) is 4.04. The van der Waals surface area contributed by atoms with Crippen LogP contribution in [0.5, 0.6) is 5.75 Å². The Morgan fingerprint density at radius 1 is 1.20 bits per heavy atom. The Bertz CT molecular complexity index is 1560. The maximum atomic E-state index is 13.0. The van der Waals surface area contributed by atoms with Gasteiger partial charge in [-0.25, -0.2) is 9.97 Å². The lowest BCUT2D eigenvalue weighted by Gasteiger charge is -2.32. The van der Waals surface area contributed by atoms with E-state index in [-0.39, 0.29) is 23.5 Å². The second-order valence-electron chi connectivity index (χ2n) is 10.3. The van der Waals surface area contributed by atoms with Crippen LogP contribution in [-0.4, -0.2) is 43.8 Å². The Labute approximate surface area is 233 Å². The van der Waals surface area contributed by atoms with Crippen LogP contribution in [-0.2, 0) is 30.8 Å². The molecule has 4 aromatic rings. The fraction of sp³-hybridized carbons (Fsp3) is 0.345. The summed E-state index contributed by atoms with van der Waals surface area (Å²) in [6, 6.07) is 11.7. The number of hydrogen-bond acceptors (Lipinski definition) is 8. The van der Waals surface area contributed by atoms with Gasteiger partial charge in [0, 0.05) is 32.4 Å². The molecule has 1 fully saturated rings. The van der Waals surface area contributed by atoms with Gasteiger partial charge in [-0.1, -0.05) is 29.4 Å². The van der Waals surface area contributed by atoms with Gasteiger partial charge in [0.15, 0.2) is 5.82 Å². The van der Waals surface area contributed by atoms with E-state index >= 15 is 0 Å². The van der Waals surface area contributed by atoms with Crippen LogP contribution in [0.1, 0.15) is 46.4 Å². The van der Waals surface area contributed by atoms with Gasteiger partial charge in [0.25, 0.3) is 0 Å². The average Bonchev–Trinajstić information content (AvgIpc) is 3.64. The number of benzene rings is 2. The van der Waals surface area contributed by atoms with E-state index < -0.39 is 6.36 Å². The number of nitrogens with one attached hydrogen (secondary N) is 1. The summed E-state index contributed by atoms with van der Waals surface area (Å²) >= 11 is 0. The Morgan fingerprint density at radius 3 is 2.83 bits per heavy atom. The molecule has 1 amide bonds. The molecule has 0 saturated heterocycles. The number of nitrogens with zero attached hydrogens (tertiary/aromatic N) is 5. The van der Waals surface area contributed by atoms with Crippen LogP contribution in [0.15, 0.2) is 59.5 Å². The highest BCUT2D eigenvalue weighted by molar-refractivity contribution is 5.82. The zero-order valence-electron chi connectivity index (χ0n) is 22.2. The zero-order chi connectivity index (χ0) is 28.6. The normalized spacial score (nSPS) is 18.5. The number of amides is 1. The Kier molecular flexibility index (Phi) is 7.16. The number of carbonyl (C=O) groups is 1. The largest absolute Gasteiger partial charge is 0.573 e. The summed E-state index contributed by atoms with van der Waals surface area (Å²) in [7, 11) is 0. The molecule has 41 heavy (non-hydrogen) atoms. The third kappa shape index (κ3) is 6.22. The van der Waals surface area contributed by atoms with Crippen molar-refractivity contribution in [2.24, 2.45) is 5.92 Å². The van der Waals surface area contributed by atoms with Gasteiger partial charge in [-0.2, -0.15) is 4.98 Å². The van der Waals surface area contributed by atoms with Crippen LogP contribution in [0.2, 0.25) is 0 Å². The second kappa shape index (κ2) is 10.9. The summed E-state index contributed by atoms with van der Waals surface area (Å²) in [4.78, 5) is 27.8. The summed E-state index contributed by atoms with van der Waals surface area (Å²) in [5.41, 5.74) is 5.42. The van der Waals surface area contributed by atoms with E-state index in [1.807, 2.05) is 18.2 Å². The molecule has 12 heteroatoms. The van der Waals surface area contributed by atoms with Gasteiger partial charge >= 0.3 is 6.36 Å². The second-order valence-corrected chi connectivity index (χ2v) is 10.3. The van der Waals surface area contributed by atoms with E-state index in [2.05, 4.69) is 35.1 Å². The quantitative estimate of drug-likeness (QED) is 0.328. The van der Waals surface area contributed by atoms with E-state index in [1.165, 1.54) is 18.5 Å². The Morgan fingerprint density at radius 2 is 2.07 bits per heavy atom. The first-order valence-corrected chi connectivity index (χ1v) is 13.3. The lowest BCUT2D eigenvalue weighted by Crippen LogP contribution is -2.33. The highest BCUT2D eigenvalue weighted by atomic mass is 19.4. The first-order chi connectivity index (χ1) is 19.7. The number of aromatic nitrogens is 4. The van der Waals surface area contributed by atoms with Gasteiger partial charge in [-0.15, -0.1) is 13.2 Å². The van der Waals surface area contributed by atoms with E-state index in [1.54, 1.807) is 25.3 Å². The van der Waals surface area contributed by atoms with Crippen molar-refractivity contribution in [3.05, 3.63) is 89.1 Å². The summed E-state index contributed by atoms with van der Waals surface area (Å²) < 4.78 is 48.0. The number of alkyl halides is 3. The fourth-order valence-electron chi connectivity index (χ4n) is 5.40. The predicted octanol–water partition coefficient (Wildman–Crippen LogP) is 4.71. The number of rotatable bonds is 8. The lowest BCUT2D eigenvalue weighted by molar-refractivity contribution is -0.274. The molecule has 2 atom stereocenters. The highest BCUT2D eigenvalue weighted by Crippen LogP contribution is 2.47. The SMILES string of the molecule is Cc1noc([C@H]2C[C@@H]2C(=O)NCc2ccc(-c3cccc(OC(F)(F)F)c3)c3c2CN(Cc2ccncn2)CC3)n1. The standard InChI is InChI=1S/C29H27F3N6O3/c1-17-36-28(41-37-17)25-12-24(25)27(39)34-13-19-5-6-22(18-3-2-4-21(11-18)40-29(30,31)32)23-8-10-38(15-26(19)23)14-20-7-9-33-16-35-20/h2-7,9,11,16,24-25H,8,10,12-15H2,1H3,(H,34,39)/t24-,25-/m0/s1. The molecule has 6 rings (SSSR count). The van der Waals surface area contributed by atoms with Crippen LogP contribution >= 0.6 is 0 Å². The molecule has 212 valence electrons. The van der Waals surface area contributed by atoms with Gasteiger partial charge < -0.3 is 14.6 Å². The zero-order valence-corrected chi connectivity index (χ0v) is 22.2. The molecule has 2 aromatic carbocycles. The molecule has 9 nitrogen and oxygen atoms in total. The Hall–Kier alpha value is -4.32. The van der Waals surface area contributed by atoms with Crippen molar-refractivity contribution in [3.63, 3.8) is 0 Å². The van der Waals surface area contributed by atoms with E-state index in [0.717, 1.165) is 34.5 Å². The molecule has 0 bridgehead atoms.